The second kappa shape index (κ2) is 6.74. The highest BCUT2D eigenvalue weighted by Crippen LogP contribution is 2.16. The van der Waals surface area contributed by atoms with Crippen molar-refractivity contribution in [2.45, 2.75) is 12.8 Å². The van der Waals surface area contributed by atoms with Crippen molar-refractivity contribution in [3.8, 4) is 0 Å². The Hall–Kier alpha value is -1.76. The van der Waals surface area contributed by atoms with Gasteiger partial charge >= 0.3 is 5.69 Å². The summed E-state index contributed by atoms with van der Waals surface area (Å²) in [5.74, 6) is 0.591. The molecule has 1 aliphatic rings. The molecule has 1 saturated heterocycles. The number of hydrogen-bond donors (Lipinski definition) is 1. The fraction of sp³-hybridized carbons (Fsp3) is 0.600. The highest BCUT2D eigenvalue weighted by atomic mass is 16.6. The van der Waals surface area contributed by atoms with E-state index in [1.54, 1.807) is 0 Å². The molecule has 1 fully saturated rings. The third kappa shape index (κ3) is 3.95. The van der Waals surface area contributed by atoms with Crippen molar-refractivity contribution in [2.75, 3.05) is 32.1 Å². The lowest BCUT2D eigenvalue weighted by Gasteiger charge is -2.13. The normalized spacial score (nSPS) is 14.1. The van der Waals surface area contributed by atoms with Crippen LogP contribution in [-0.4, -0.2) is 42.1 Å². The van der Waals surface area contributed by atoms with Crippen LogP contribution in [0.3, 0.4) is 0 Å². The van der Waals surface area contributed by atoms with Crippen LogP contribution in [0.1, 0.15) is 12.8 Å². The van der Waals surface area contributed by atoms with Gasteiger partial charge in [-0.05, 0) is 26.9 Å². The van der Waals surface area contributed by atoms with Crippen LogP contribution in [0.5, 0.6) is 0 Å². The largest absolute Gasteiger partial charge is 0.341 e. The molecule has 0 aliphatic carbocycles. The fourth-order valence-corrected chi connectivity index (χ4v) is 1.49. The van der Waals surface area contributed by atoms with Crippen LogP contribution in [-0.2, 0) is 0 Å². The maximum atomic E-state index is 10.3. The van der Waals surface area contributed by atoms with Gasteiger partial charge in [-0.3, -0.25) is 10.1 Å². The summed E-state index contributed by atoms with van der Waals surface area (Å²) in [6.45, 7) is 1.88. The number of nitrogens with one attached hydrogen (secondary N) is 1. The van der Waals surface area contributed by atoms with Crippen molar-refractivity contribution in [3.63, 3.8) is 0 Å². The molecule has 1 aliphatic heterocycles. The first-order chi connectivity index (χ1) is 8.19. The predicted octanol–water partition coefficient (Wildman–Crippen LogP) is 0.821. The lowest BCUT2D eigenvalue weighted by atomic mass is 10.4. The van der Waals surface area contributed by atoms with Gasteiger partial charge in [-0.1, -0.05) is 0 Å². The van der Waals surface area contributed by atoms with Gasteiger partial charge in [0.2, 0.25) is 5.95 Å². The van der Waals surface area contributed by atoms with E-state index in [1.807, 2.05) is 19.0 Å². The zero-order valence-electron chi connectivity index (χ0n) is 10.1. The second-order valence-corrected chi connectivity index (χ2v) is 3.69. The molecule has 7 nitrogen and oxygen atoms in total. The smallest absolute Gasteiger partial charge is 0.305 e. The van der Waals surface area contributed by atoms with E-state index >= 15 is 0 Å². The lowest BCUT2D eigenvalue weighted by molar-refractivity contribution is -0.385. The van der Waals surface area contributed by atoms with Gasteiger partial charge in [0, 0.05) is 13.1 Å². The summed E-state index contributed by atoms with van der Waals surface area (Å²) in [7, 11) is 3.75. The maximum Gasteiger partial charge on any atom is 0.305 e. The van der Waals surface area contributed by atoms with Gasteiger partial charge in [0.15, 0.2) is 0 Å². The standard InChI is InChI=1S/C8H10N4O2.C2H7N/c13-12(14)7-5-9-8(10-6-7)11-3-1-2-4-11;1-3-2/h5-6H,1-4H2;3H,1-2H3. The molecule has 1 N–H and O–H groups in total. The molecule has 0 amide bonds. The fourth-order valence-electron chi connectivity index (χ4n) is 1.49. The molecule has 0 saturated carbocycles. The molecular formula is C10H17N5O2. The minimum atomic E-state index is -0.492. The first-order valence-corrected chi connectivity index (χ1v) is 5.49. The van der Waals surface area contributed by atoms with E-state index in [9.17, 15) is 10.1 Å². The summed E-state index contributed by atoms with van der Waals surface area (Å²) in [6, 6.07) is 0. The quantitative estimate of drug-likeness (QED) is 0.607. The Bertz CT molecular complexity index is 348. The van der Waals surface area contributed by atoms with E-state index in [0.29, 0.717) is 5.95 Å². The number of hydrogen-bond acceptors (Lipinski definition) is 6. The van der Waals surface area contributed by atoms with Gasteiger partial charge < -0.3 is 10.2 Å². The molecule has 2 heterocycles. The number of nitrogens with zero attached hydrogens (tertiary/aromatic N) is 4. The van der Waals surface area contributed by atoms with Crippen LogP contribution >= 0.6 is 0 Å². The number of rotatable bonds is 2. The summed E-state index contributed by atoms with van der Waals surface area (Å²) < 4.78 is 0. The van der Waals surface area contributed by atoms with Gasteiger partial charge in [0.25, 0.3) is 0 Å². The van der Waals surface area contributed by atoms with Crippen molar-refractivity contribution in [1.82, 2.24) is 15.3 Å². The van der Waals surface area contributed by atoms with Crippen LogP contribution in [0.25, 0.3) is 0 Å². The molecule has 2 rings (SSSR count). The van der Waals surface area contributed by atoms with Crippen LogP contribution in [0, 0.1) is 10.1 Å². The summed E-state index contributed by atoms with van der Waals surface area (Å²) in [5.41, 5.74) is -0.0621. The summed E-state index contributed by atoms with van der Waals surface area (Å²) in [5, 5.41) is 13.1. The Morgan fingerprint density at radius 2 is 1.76 bits per heavy atom. The molecule has 0 spiro atoms. The van der Waals surface area contributed by atoms with Gasteiger partial charge in [-0.25, -0.2) is 9.97 Å². The first kappa shape index (κ1) is 13.3. The molecule has 0 unspecified atom stereocenters. The molecule has 0 aromatic carbocycles. The van der Waals surface area contributed by atoms with Crippen LogP contribution < -0.4 is 10.2 Å². The van der Waals surface area contributed by atoms with E-state index < -0.39 is 4.92 Å². The predicted molar refractivity (Wildman–Crippen MR) is 65.1 cm³/mol. The Morgan fingerprint density at radius 1 is 1.29 bits per heavy atom. The molecule has 0 bridgehead atoms. The molecular weight excluding hydrogens is 222 g/mol. The van der Waals surface area contributed by atoms with Crippen LogP contribution in [0.2, 0.25) is 0 Å². The Morgan fingerprint density at radius 3 is 2.18 bits per heavy atom. The van der Waals surface area contributed by atoms with Crippen molar-refractivity contribution < 1.29 is 4.92 Å². The Labute approximate surface area is 100 Å². The highest BCUT2D eigenvalue weighted by molar-refractivity contribution is 5.34. The molecule has 7 heteroatoms. The SMILES string of the molecule is CNC.O=[N+]([O-])c1cnc(N2CCCC2)nc1. The Balaban J connectivity index is 0.000000437. The van der Waals surface area contributed by atoms with Gasteiger partial charge in [-0.15, -0.1) is 0 Å². The van der Waals surface area contributed by atoms with Gasteiger partial charge in [-0.2, -0.15) is 0 Å². The number of nitro groups is 1. The maximum absolute atomic E-state index is 10.3. The third-order valence-corrected chi connectivity index (χ3v) is 2.22. The van der Waals surface area contributed by atoms with E-state index in [2.05, 4.69) is 15.3 Å². The molecule has 94 valence electrons. The van der Waals surface area contributed by atoms with Crippen molar-refractivity contribution in [1.29, 1.82) is 0 Å². The zero-order valence-corrected chi connectivity index (χ0v) is 10.1. The monoisotopic (exact) mass is 239 g/mol. The van der Waals surface area contributed by atoms with Crippen LogP contribution in [0.4, 0.5) is 11.6 Å². The molecule has 0 radical (unpaired) electrons. The van der Waals surface area contributed by atoms with Crippen LogP contribution in [0.15, 0.2) is 12.4 Å². The van der Waals surface area contributed by atoms with Crippen molar-refractivity contribution in [3.05, 3.63) is 22.5 Å². The number of anilines is 1. The van der Waals surface area contributed by atoms with E-state index in [-0.39, 0.29) is 5.69 Å². The second-order valence-electron chi connectivity index (χ2n) is 3.69. The average molecular weight is 239 g/mol. The van der Waals surface area contributed by atoms with Gasteiger partial charge in [0.05, 0.1) is 4.92 Å². The topological polar surface area (TPSA) is 84.2 Å². The minimum absolute atomic E-state index is 0.0621. The lowest BCUT2D eigenvalue weighted by Crippen LogP contribution is -2.20. The molecule has 17 heavy (non-hydrogen) atoms. The summed E-state index contributed by atoms with van der Waals surface area (Å²) in [6.07, 6.45) is 4.78. The van der Waals surface area contributed by atoms with Crippen molar-refractivity contribution in [2.24, 2.45) is 0 Å². The van der Waals surface area contributed by atoms with E-state index in [4.69, 9.17) is 0 Å². The van der Waals surface area contributed by atoms with Crippen molar-refractivity contribution >= 4 is 11.6 Å². The van der Waals surface area contributed by atoms with Gasteiger partial charge in [0.1, 0.15) is 12.4 Å². The molecule has 1 aromatic heterocycles. The molecule has 0 atom stereocenters. The minimum Gasteiger partial charge on any atom is -0.341 e. The van der Waals surface area contributed by atoms with E-state index in [0.717, 1.165) is 25.9 Å². The third-order valence-electron chi connectivity index (χ3n) is 2.22. The van der Waals surface area contributed by atoms with E-state index in [1.165, 1.54) is 12.4 Å². The zero-order chi connectivity index (χ0) is 12.7. The number of aromatic nitrogens is 2. The molecule has 1 aromatic rings. The first-order valence-electron chi connectivity index (χ1n) is 5.49. The highest BCUT2D eigenvalue weighted by Gasteiger charge is 2.15. The average Bonchev–Trinajstić information content (AvgIpc) is 2.83. The summed E-state index contributed by atoms with van der Waals surface area (Å²) >= 11 is 0. The summed E-state index contributed by atoms with van der Waals surface area (Å²) in [4.78, 5) is 19.8. The Kier molecular flexibility index (Phi) is 5.28.